The zero-order chi connectivity index (χ0) is 9.26. The standard InChI is InChI=1S/C11H16N2/c1-3-12-10-7-9-5-4-6-13-11(9)8(10)2/h4-6,8,10,12H,3,7H2,1-2H3/t8-,10+/m1/s1. The van der Waals surface area contributed by atoms with Crippen molar-refractivity contribution in [3.8, 4) is 0 Å². The van der Waals surface area contributed by atoms with Gasteiger partial charge in [-0.2, -0.15) is 0 Å². The van der Waals surface area contributed by atoms with Gasteiger partial charge in [-0.3, -0.25) is 4.98 Å². The van der Waals surface area contributed by atoms with Crippen LogP contribution in [0.5, 0.6) is 0 Å². The van der Waals surface area contributed by atoms with E-state index in [0.29, 0.717) is 12.0 Å². The van der Waals surface area contributed by atoms with Crippen LogP contribution in [0.25, 0.3) is 0 Å². The van der Waals surface area contributed by atoms with Crippen molar-refractivity contribution in [1.82, 2.24) is 10.3 Å². The average molecular weight is 176 g/mol. The molecule has 0 radical (unpaired) electrons. The lowest BCUT2D eigenvalue weighted by Gasteiger charge is -2.15. The van der Waals surface area contributed by atoms with Crippen LogP contribution in [-0.4, -0.2) is 17.6 Å². The highest BCUT2D eigenvalue weighted by Crippen LogP contribution is 2.30. The minimum absolute atomic E-state index is 0.566. The zero-order valence-electron chi connectivity index (χ0n) is 8.25. The summed E-state index contributed by atoms with van der Waals surface area (Å²) >= 11 is 0. The predicted octanol–water partition coefficient (Wildman–Crippen LogP) is 1.72. The first kappa shape index (κ1) is 8.70. The van der Waals surface area contributed by atoms with Gasteiger partial charge in [0.1, 0.15) is 0 Å². The summed E-state index contributed by atoms with van der Waals surface area (Å²) in [6, 6.07) is 4.81. The Kier molecular flexibility index (Phi) is 2.32. The first-order valence-corrected chi connectivity index (χ1v) is 5.00. The molecule has 13 heavy (non-hydrogen) atoms. The highest BCUT2D eigenvalue weighted by Gasteiger charge is 2.28. The molecule has 1 heterocycles. The van der Waals surface area contributed by atoms with Crippen LogP contribution in [0.1, 0.15) is 31.0 Å². The van der Waals surface area contributed by atoms with E-state index in [-0.39, 0.29) is 0 Å². The second kappa shape index (κ2) is 3.46. The fraction of sp³-hybridized carbons (Fsp3) is 0.545. The molecule has 2 rings (SSSR count). The van der Waals surface area contributed by atoms with Gasteiger partial charge >= 0.3 is 0 Å². The molecule has 0 fully saturated rings. The van der Waals surface area contributed by atoms with Gasteiger partial charge in [-0.25, -0.2) is 0 Å². The van der Waals surface area contributed by atoms with E-state index in [1.165, 1.54) is 11.3 Å². The number of likely N-dealkylation sites (N-methyl/N-ethyl adjacent to an activating group) is 1. The number of aromatic nitrogens is 1. The maximum atomic E-state index is 4.43. The summed E-state index contributed by atoms with van der Waals surface area (Å²) in [4.78, 5) is 4.43. The van der Waals surface area contributed by atoms with E-state index in [2.05, 4.69) is 30.2 Å². The second-order valence-electron chi connectivity index (χ2n) is 3.70. The van der Waals surface area contributed by atoms with Crippen LogP contribution < -0.4 is 5.32 Å². The first-order valence-electron chi connectivity index (χ1n) is 5.00. The third kappa shape index (κ3) is 1.46. The van der Waals surface area contributed by atoms with Crippen LogP contribution in [0.4, 0.5) is 0 Å². The Labute approximate surface area is 79.4 Å². The molecule has 0 aliphatic heterocycles. The minimum atomic E-state index is 0.566. The van der Waals surface area contributed by atoms with Crippen molar-refractivity contribution in [2.75, 3.05) is 6.54 Å². The van der Waals surface area contributed by atoms with E-state index in [1.807, 2.05) is 12.3 Å². The molecule has 1 aromatic heterocycles. The largest absolute Gasteiger partial charge is 0.313 e. The molecule has 1 aliphatic carbocycles. The van der Waals surface area contributed by atoms with Crippen LogP contribution in [0.15, 0.2) is 18.3 Å². The SMILES string of the molecule is CCN[C@H]1Cc2cccnc2[C@@H]1C. The van der Waals surface area contributed by atoms with Gasteiger partial charge in [0.2, 0.25) is 0 Å². The van der Waals surface area contributed by atoms with Gasteiger partial charge in [0.25, 0.3) is 0 Å². The number of hydrogen-bond donors (Lipinski definition) is 1. The Morgan fingerprint density at radius 3 is 3.15 bits per heavy atom. The highest BCUT2D eigenvalue weighted by molar-refractivity contribution is 5.31. The van der Waals surface area contributed by atoms with Gasteiger partial charge in [-0.1, -0.05) is 19.9 Å². The molecule has 2 nitrogen and oxygen atoms in total. The second-order valence-corrected chi connectivity index (χ2v) is 3.70. The predicted molar refractivity (Wildman–Crippen MR) is 53.8 cm³/mol. The third-order valence-electron chi connectivity index (χ3n) is 2.87. The Balaban J connectivity index is 2.22. The quantitative estimate of drug-likeness (QED) is 0.742. The van der Waals surface area contributed by atoms with E-state index in [1.54, 1.807) is 0 Å². The lowest BCUT2D eigenvalue weighted by molar-refractivity contribution is 0.487. The molecule has 0 bridgehead atoms. The van der Waals surface area contributed by atoms with E-state index in [9.17, 15) is 0 Å². The number of nitrogens with one attached hydrogen (secondary N) is 1. The Bertz CT molecular complexity index is 296. The summed E-state index contributed by atoms with van der Waals surface area (Å²) in [7, 11) is 0. The van der Waals surface area contributed by atoms with Crippen LogP contribution >= 0.6 is 0 Å². The van der Waals surface area contributed by atoms with Gasteiger partial charge in [-0.05, 0) is 24.6 Å². The molecule has 2 heteroatoms. The Hall–Kier alpha value is -0.890. The topological polar surface area (TPSA) is 24.9 Å². The maximum Gasteiger partial charge on any atom is 0.0479 e. The van der Waals surface area contributed by atoms with E-state index in [0.717, 1.165) is 13.0 Å². The molecule has 1 aromatic rings. The van der Waals surface area contributed by atoms with Gasteiger partial charge in [0.05, 0.1) is 0 Å². The van der Waals surface area contributed by atoms with Crippen molar-refractivity contribution >= 4 is 0 Å². The molecule has 0 spiro atoms. The van der Waals surface area contributed by atoms with Crippen LogP contribution in [0, 0.1) is 0 Å². The maximum absolute atomic E-state index is 4.43. The van der Waals surface area contributed by atoms with E-state index < -0.39 is 0 Å². The molecule has 0 unspecified atom stereocenters. The summed E-state index contributed by atoms with van der Waals surface area (Å²) in [5, 5.41) is 3.50. The van der Waals surface area contributed by atoms with Crippen molar-refractivity contribution in [2.24, 2.45) is 0 Å². The van der Waals surface area contributed by atoms with Crippen molar-refractivity contribution in [3.63, 3.8) is 0 Å². The highest BCUT2D eigenvalue weighted by atomic mass is 14.9. The summed E-state index contributed by atoms with van der Waals surface area (Å²) in [5.41, 5.74) is 2.70. The zero-order valence-corrected chi connectivity index (χ0v) is 8.25. The number of rotatable bonds is 2. The van der Waals surface area contributed by atoms with Gasteiger partial charge in [0.15, 0.2) is 0 Å². The summed E-state index contributed by atoms with van der Waals surface area (Å²) < 4.78 is 0. The van der Waals surface area contributed by atoms with Crippen molar-refractivity contribution < 1.29 is 0 Å². The Morgan fingerprint density at radius 1 is 1.62 bits per heavy atom. The number of nitrogens with zero attached hydrogens (tertiary/aromatic N) is 1. The smallest absolute Gasteiger partial charge is 0.0479 e. The van der Waals surface area contributed by atoms with Crippen molar-refractivity contribution in [3.05, 3.63) is 29.6 Å². The van der Waals surface area contributed by atoms with Gasteiger partial charge in [-0.15, -0.1) is 0 Å². The van der Waals surface area contributed by atoms with Gasteiger partial charge in [0, 0.05) is 23.9 Å². The fourth-order valence-corrected chi connectivity index (χ4v) is 2.15. The average Bonchev–Trinajstić information content (AvgIpc) is 2.46. The van der Waals surface area contributed by atoms with Crippen molar-refractivity contribution in [2.45, 2.75) is 32.2 Å². The van der Waals surface area contributed by atoms with Crippen LogP contribution in [0.2, 0.25) is 0 Å². The van der Waals surface area contributed by atoms with Crippen molar-refractivity contribution in [1.29, 1.82) is 0 Å². The normalized spacial score (nSPS) is 26.0. The molecular weight excluding hydrogens is 160 g/mol. The Morgan fingerprint density at radius 2 is 2.46 bits per heavy atom. The first-order chi connectivity index (χ1) is 6.33. The summed E-state index contributed by atoms with van der Waals surface area (Å²) in [6.45, 7) is 5.46. The molecule has 0 saturated carbocycles. The number of pyridine rings is 1. The fourth-order valence-electron chi connectivity index (χ4n) is 2.15. The minimum Gasteiger partial charge on any atom is -0.313 e. The number of fused-ring (bicyclic) bond motifs is 1. The van der Waals surface area contributed by atoms with E-state index >= 15 is 0 Å². The molecule has 70 valence electrons. The monoisotopic (exact) mass is 176 g/mol. The summed E-state index contributed by atoms with van der Waals surface area (Å²) in [5.74, 6) is 0.566. The van der Waals surface area contributed by atoms with Crippen LogP contribution in [-0.2, 0) is 6.42 Å². The molecule has 1 N–H and O–H groups in total. The molecule has 0 amide bonds. The van der Waals surface area contributed by atoms with E-state index in [4.69, 9.17) is 0 Å². The summed E-state index contributed by atoms with van der Waals surface area (Å²) in [6.07, 6.45) is 3.03. The molecule has 2 atom stereocenters. The van der Waals surface area contributed by atoms with Crippen LogP contribution in [0.3, 0.4) is 0 Å². The lowest BCUT2D eigenvalue weighted by atomic mass is 10.1. The molecular formula is C11H16N2. The third-order valence-corrected chi connectivity index (χ3v) is 2.87. The molecule has 0 saturated heterocycles. The molecule has 0 aromatic carbocycles. The number of hydrogen-bond acceptors (Lipinski definition) is 2. The lowest BCUT2D eigenvalue weighted by Crippen LogP contribution is -2.31. The molecule has 1 aliphatic rings. The van der Waals surface area contributed by atoms with Gasteiger partial charge < -0.3 is 5.32 Å².